The number of fused-ring (bicyclic) bond motifs is 1. The van der Waals surface area contributed by atoms with Gasteiger partial charge in [-0.1, -0.05) is 23.5 Å². The molecule has 1 saturated carbocycles. The first-order chi connectivity index (χ1) is 10.3. The number of furan rings is 1. The van der Waals surface area contributed by atoms with E-state index < -0.39 is 0 Å². The molecule has 1 amide bonds. The lowest BCUT2D eigenvalue weighted by Gasteiger charge is -2.18. The van der Waals surface area contributed by atoms with Gasteiger partial charge in [0.1, 0.15) is 5.76 Å². The number of carbonyl (C=O) groups is 1. The second-order valence-electron chi connectivity index (χ2n) is 5.24. The summed E-state index contributed by atoms with van der Waals surface area (Å²) in [5.41, 5.74) is 0.936. The molecule has 3 aromatic rings. The van der Waals surface area contributed by atoms with E-state index in [2.05, 4.69) is 4.98 Å². The molecule has 4 nitrogen and oxygen atoms in total. The highest BCUT2D eigenvalue weighted by atomic mass is 32.1. The Morgan fingerprint density at radius 2 is 2.14 bits per heavy atom. The number of hydrogen-bond donors (Lipinski definition) is 0. The second kappa shape index (κ2) is 5.00. The van der Waals surface area contributed by atoms with Gasteiger partial charge < -0.3 is 4.42 Å². The number of amides is 1. The minimum Gasteiger partial charge on any atom is -0.467 e. The number of aromatic nitrogens is 1. The number of rotatable bonds is 4. The molecule has 0 radical (unpaired) electrons. The second-order valence-corrected chi connectivity index (χ2v) is 6.25. The van der Waals surface area contributed by atoms with Crippen LogP contribution in [0.4, 0.5) is 5.13 Å². The van der Waals surface area contributed by atoms with Gasteiger partial charge in [-0.3, -0.25) is 9.69 Å². The first kappa shape index (κ1) is 12.6. The summed E-state index contributed by atoms with van der Waals surface area (Å²) in [7, 11) is 0. The van der Waals surface area contributed by atoms with Crippen molar-refractivity contribution in [3.63, 3.8) is 0 Å². The molecule has 0 N–H and O–H groups in total. The Morgan fingerprint density at radius 1 is 1.29 bits per heavy atom. The van der Waals surface area contributed by atoms with Crippen LogP contribution in [0.15, 0.2) is 47.1 Å². The Morgan fingerprint density at radius 3 is 2.86 bits per heavy atom. The third-order valence-electron chi connectivity index (χ3n) is 3.60. The minimum atomic E-state index is 0.158. The molecule has 4 rings (SSSR count). The molecule has 0 unspecified atom stereocenters. The number of para-hydroxylation sites is 1. The lowest BCUT2D eigenvalue weighted by atomic mass is 10.3. The van der Waals surface area contributed by atoms with Gasteiger partial charge in [0.05, 0.1) is 23.0 Å². The molecule has 106 valence electrons. The molecule has 1 aromatic carbocycles. The van der Waals surface area contributed by atoms with Gasteiger partial charge in [-0.2, -0.15) is 0 Å². The maximum atomic E-state index is 12.6. The fourth-order valence-electron chi connectivity index (χ4n) is 2.32. The zero-order valence-corrected chi connectivity index (χ0v) is 12.2. The predicted octanol–water partition coefficient (Wildman–Crippen LogP) is 3.83. The average Bonchev–Trinajstić information content (AvgIpc) is 3.06. The van der Waals surface area contributed by atoms with Crippen molar-refractivity contribution in [2.24, 2.45) is 5.92 Å². The molecule has 1 aliphatic carbocycles. The van der Waals surface area contributed by atoms with Crippen LogP contribution in [0, 0.1) is 5.92 Å². The van der Waals surface area contributed by atoms with Crippen LogP contribution in [0.1, 0.15) is 18.6 Å². The summed E-state index contributed by atoms with van der Waals surface area (Å²) in [6.45, 7) is 0.447. The standard InChI is InChI=1S/C16H14N2O2S/c19-15(11-7-8-11)18(10-12-4-3-9-20-12)16-17-13-5-1-2-6-14(13)21-16/h1-6,9,11H,7-8,10H2. The van der Waals surface area contributed by atoms with Crippen molar-refractivity contribution in [2.45, 2.75) is 19.4 Å². The van der Waals surface area contributed by atoms with Crippen LogP contribution in [0.25, 0.3) is 10.2 Å². The van der Waals surface area contributed by atoms with Crippen molar-refractivity contribution in [1.29, 1.82) is 0 Å². The topological polar surface area (TPSA) is 46.3 Å². The van der Waals surface area contributed by atoms with Crippen molar-refractivity contribution in [2.75, 3.05) is 4.90 Å². The Balaban J connectivity index is 1.71. The van der Waals surface area contributed by atoms with Crippen LogP contribution < -0.4 is 4.90 Å². The van der Waals surface area contributed by atoms with Gasteiger partial charge >= 0.3 is 0 Å². The van der Waals surface area contributed by atoms with Crippen LogP contribution in [0.3, 0.4) is 0 Å². The zero-order valence-electron chi connectivity index (χ0n) is 11.4. The summed E-state index contributed by atoms with van der Waals surface area (Å²) in [5, 5.41) is 0.754. The summed E-state index contributed by atoms with van der Waals surface area (Å²) in [4.78, 5) is 18.9. The molecule has 2 heterocycles. The highest BCUT2D eigenvalue weighted by Gasteiger charge is 2.35. The van der Waals surface area contributed by atoms with Gasteiger partial charge in [-0.15, -0.1) is 0 Å². The Bertz CT molecular complexity index is 742. The number of anilines is 1. The number of benzene rings is 1. The SMILES string of the molecule is O=C(C1CC1)N(Cc1ccco1)c1nc2ccccc2s1. The van der Waals surface area contributed by atoms with E-state index in [0.717, 1.165) is 34.0 Å². The van der Waals surface area contributed by atoms with E-state index in [4.69, 9.17) is 4.42 Å². The quantitative estimate of drug-likeness (QED) is 0.735. The first-order valence-electron chi connectivity index (χ1n) is 7.00. The molecule has 1 fully saturated rings. The molecule has 0 saturated heterocycles. The van der Waals surface area contributed by atoms with Gasteiger partial charge in [0.25, 0.3) is 0 Å². The van der Waals surface area contributed by atoms with E-state index in [1.807, 2.05) is 36.4 Å². The largest absolute Gasteiger partial charge is 0.467 e. The number of thiazole rings is 1. The summed E-state index contributed by atoms with van der Waals surface area (Å²) < 4.78 is 6.49. The van der Waals surface area contributed by atoms with Crippen LogP contribution in [0.2, 0.25) is 0 Å². The zero-order chi connectivity index (χ0) is 14.2. The van der Waals surface area contributed by atoms with E-state index in [1.165, 1.54) is 0 Å². The monoisotopic (exact) mass is 298 g/mol. The van der Waals surface area contributed by atoms with E-state index in [9.17, 15) is 4.79 Å². The van der Waals surface area contributed by atoms with Crippen LogP contribution in [-0.2, 0) is 11.3 Å². The molecule has 0 bridgehead atoms. The molecule has 5 heteroatoms. The van der Waals surface area contributed by atoms with Gasteiger partial charge in [0.2, 0.25) is 5.91 Å². The maximum absolute atomic E-state index is 12.6. The molecule has 0 aliphatic heterocycles. The molecule has 21 heavy (non-hydrogen) atoms. The van der Waals surface area contributed by atoms with Crippen molar-refractivity contribution in [3.05, 3.63) is 48.4 Å². The third kappa shape index (κ3) is 2.45. The van der Waals surface area contributed by atoms with Gasteiger partial charge in [0, 0.05) is 5.92 Å². The van der Waals surface area contributed by atoms with Crippen LogP contribution in [-0.4, -0.2) is 10.9 Å². The normalized spacial score (nSPS) is 14.5. The summed E-state index contributed by atoms with van der Waals surface area (Å²) in [6, 6.07) is 11.7. The maximum Gasteiger partial charge on any atom is 0.232 e. The summed E-state index contributed by atoms with van der Waals surface area (Å²) >= 11 is 1.55. The van der Waals surface area contributed by atoms with Crippen molar-refractivity contribution in [3.8, 4) is 0 Å². The summed E-state index contributed by atoms with van der Waals surface area (Å²) in [5.74, 6) is 1.10. The molecular formula is C16H14N2O2S. The minimum absolute atomic E-state index is 0.158. The number of carbonyl (C=O) groups excluding carboxylic acids is 1. The van der Waals surface area contributed by atoms with Crippen molar-refractivity contribution >= 4 is 32.6 Å². The van der Waals surface area contributed by atoms with E-state index in [1.54, 1.807) is 22.5 Å². The number of hydrogen-bond acceptors (Lipinski definition) is 4. The molecule has 0 spiro atoms. The smallest absolute Gasteiger partial charge is 0.232 e. The van der Waals surface area contributed by atoms with Crippen LogP contribution in [0.5, 0.6) is 0 Å². The Hall–Kier alpha value is -2.14. The predicted molar refractivity (Wildman–Crippen MR) is 82.2 cm³/mol. The van der Waals surface area contributed by atoms with Gasteiger partial charge in [-0.05, 0) is 37.1 Å². The molecule has 0 atom stereocenters. The fraction of sp³-hybridized carbons (Fsp3) is 0.250. The first-order valence-corrected chi connectivity index (χ1v) is 7.82. The fourth-order valence-corrected chi connectivity index (χ4v) is 3.29. The lowest BCUT2D eigenvalue weighted by molar-refractivity contribution is -0.120. The van der Waals surface area contributed by atoms with Crippen LogP contribution >= 0.6 is 11.3 Å². The Kier molecular flexibility index (Phi) is 3.00. The lowest BCUT2D eigenvalue weighted by Crippen LogP contribution is -2.31. The Labute approximate surface area is 126 Å². The molecule has 2 aromatic heterocycles. The van der Waals surface area contributed by atoms with Gasteiger partial charge in [-0.25, -0.2) is 4.98 Å². The number of nitrogens with zero attached hydrogens (tertiary/aromatic N) is 2. The van der Waals surface area contributed by atoms with E-state index >= 15 is 0 Å². The highest BCUT2D eigenvalue weighted by Crippen LogP contribution is 2.36. The highest BCUT2D eigenvalue weighted by molar-refractivity contribution is 7.22. The third-order valence-corrected chi connectivity index (χ3v) is 4.66. The average molecular weight is 298 g/mol. The van der Waals surface area contributed by atoms with E-state index in [0.29, 0.717) is 6.54 Å². The molecular weight excluding hydrogens is 284 g/mol. The molecule has 1 aliphatic rings. The summed E-state index contributed by atoms with van der Waals surface area (Å²) in [6.07, 6.45) is 3.60. The van der Waals surface area contributed by atoms with Crippen molar-refractivity contribution in [1.82, 2.24) is 4.98 Å². The van der Waals surface area contributed by atoms with E-state index in [-0.39, 0.29) is 11.8 Å². The van der Waals surface area contributed by atoms with Crippen molar-refractivity contribution < 1.29 is 9.21 Å². The van der Waals surface area contributed by atoms with Gasteiger partial charge in [0.15, 0.2) is 5.13 Å².